The van der Waals surface area contributed by atoms with Gasteiger partial charge in [0, 0.05) is 6.54 Å². The largest absolute Gasteiger partial charge is 0.388 e. The van der Waals surface area contributed by atoms with Crippen LogP contribution in [0.5, 0.6) is 0 Å². The van der Waals surface area contributed by atoms with E-state index in [1.54, 1.807) is 6.92 Å². The van der Waals surface area contributed by atoms with E-state index in [1.165, 1.54) is 0 Å². The number of nitro groups is 1. The Morgan fingerprint density at radius 1 is 1.63 bits per heavy atom. The molecule has 1 unspecified atom stereocenters. The van der Waals surface area contributed by atoms with Crippen molar-refractivity contribution in [3.63, 3.8) is 0 Å². The van der Waals surface area contributed by atoms with Gasteiger partial charge in [-0.2, -0.15) is 4.98 Å². The van der Waals surface area contributed by atoms with Crippen molar-refractivity contribution >= 4 is 17.5 Å². The van der Waals surface area contributed by atoms with Crippen LogP contribution in [0.4, 0.5) is 17.5 Å². The van der Waals surface area contributed by atoms with E-state index in [9.17, 15) is 15.2 Å². The highest BCUT2D eigenvalue weighted by Gasteiger charge is 2.24. The lowest BCUT2D eigenvalue weighted by Gasteiger charge is -2.25. The molecule has 0 aliphatic carbocycles. The number of rotatable bonds is 6. The van der Waals surface area contributed by atoms with Crippen LogP contribution in [0.1, 0.15) is 27.2 Å². The number of hydrogen-bond donors (Lipinski definition) is 3. The molecular formula is C11H19N5O3. The number of hydrogen-bond acceptors (Lipinski definition) is 7. The molecule has 1 heterocycles. The van der Waals surface area contributed by atoms with Crippen molar-refractivity contribution in [1.82, 2.24) is 9.97 Å². The summed E-state index contributed by atoms with van der Waals surface area (Å²) in [4.78, 5) is 17.6. The third-order valence-electron chi connectivity index (χ3n) is 2.47. The molecule has 0 aliphatic rings. The summed E-state index contributed by atoms with van der Waals surface area (Å²) in [6.45, 7) is 5.78. The molecule has 1 aromatic heterocycles. The minimum atomic E-state index is -0.984. The van der Waals surface area contributed by atoms with Gasteiger partial charge in [-0.05, 0) is 19.3 Å². The standard InChI is InChI=1S/C11H19N5O3/c1-7(2)4-11(3,17)6-14-9-8(16(18)19)5-13-10(12)15-9/h5,7,17H,4,6H2,1-3H3,(H3,12,13,14,15). The van der Waals surface area contributed by atoms with Crippen molar-refractivity contribution in [2.45, 2.75) is 32.8 Å². The molecule has 0 fully saturated rings. The van der Waals surface area contributed by atoms with Gasteiger partial charge in [-0.3, -0.25) is 10.1 Å². The Hall–Kier alpha value is -1.96. The first-order valence-electron chi connectivity index (χ1n) is 5.94. The average molecular weight is 269 g/mol. The summed E-state index contributed by atoms with van der Waals surface area (Å²) in [5.74, 6) is 0.264. The van der Waals surface area contributed by atoms with Crippen molar-refractivity contribution in [2.24, 2.45) is 5.92 Å². The van der Waals surface area contributed by atoms with Gasteiger partial charge in [-0.1, -0.05) is 13.8 Å². The highest BCUT2D eigenvalue weighted by molar-refractivity contribution is 5.56. The number of nitrogens with one attached hydrogen (secondary N) is 1. The van der Waals surface area contributed by atoms with Gasteiger partial charge in [0.05, 0.1) is 10.5 Å². The van der Waals surface area contributed by atoms with E-state index in [0.717, 1.165) is 6.20 Å². The highest BCUT2D eigenvalue weighted by Crippen LogP contribution is 2.23. The van der Waals surface area contributed by atoms with Crippen molar-refractivity contribution in [3.05, 3.63) is 16.3 Å². The van der Waals surface area contributed by atoms with Gasteiger partial charge >= 0.3 is 5.69 Å². The van der Waals surface area contributed by atoms with Crippen molar-refractivity contribution in [2.75, 3.05) is 17.6 Å². The van der Waals surface area contributed by atoms with Crippen LogP contribution in [0.15, 0.2) is 6.20 Å². The van der Waals surface area contributed by atoms with Crippen LogP contribution in [0.25, 0.3) is 0 Å². The monoisotopic (exact) mass is 269 g/mol. The van der Waals surface area contributed by atoms with Gasteiger partial charge in [0.1, 0.15) is 6.20 Å². The van der Waals surface area contributed by atoms with Crippen LogP contribution >= 0.6 is 0 Å². The van der Waals surface area contributed by atoms with Gasteiger partial charge in [-0.25, -0.2) is 4.98 Å². The maximum absolute atomic E-state index is 10.8. The second-order valence-electron chi connectivity index (χ2n) is 5.17. The van der Waals surface area contributed by atoms with Crippen molar-refractivity contribution < 1.29 is 10.0 Å². The molecule has 0 amide bonds. The van der Waals surface area contributed by atoms with Crippen molar-refractivity contribution in [3.8, 4) is 0 Å². The molecule has 0 saturated carbocycles. The summed E-state index contributed by atoms with van der Waals surface area (Å²) in [6, 6.07) is 0. The normalized spacial score (nSPS) is 14.2. The zero-order valence-electron chi connectivity index (χ0n) is 11.3. The Bertz CT molecular complexity index is 462. The first kappa shape index (κ1) is 15.1. The van der Waals surface area contributed by atoms with E-state index in [2.05, 4.69) is 15.3 Å². The van der Waals surface area contributed by atoms with Crippen LogP contribution in [-0.2, 0) is 0 Å². The second kappa shape index (κ2) is 5.79. The molecule has 19 heavy (non-hydrogen) atoms. The Morgan fingerprint density at radius 2 is 2.26 bits per heavy atom. The minimum Gasteiger partial charge on any atom is -0.388 e. The predicted octanol–water partition coefficient (Wildman–Crippen LogP) is 1.18. The summed E-state index contributed by atoms with van der Waals surface area (Å²) in [6.07, 6.45) is 1.61. The highest BCUT2D eigenvalue weighted by atomic mass is 16.6. The number of aromatic nitrogens is 2. The first-order valence-corrected chi connectivity index (χ1v) is 5.94. The molecule has 1 atom stereocenters. The molecule has 0 bridgehead atoms. The Morgan fingerprint density at radius 3 is 2.79 bits per heavy atom. The molecule has 0 spiro atoms. The summed E-state index contributed by atoms with van der Waals surface area (Å²) < 4.78 is 0. The summed E-state index contributed by atoms with van der Waals surface area (Å²) in [5, 5.41) is 23.7. The molecule has 1 rings (SSSR count). The van der Waals surface area contributed by atoms with Gasteiger partial charge < -0.3 is 16.2 Å². The zero-order valence-corrected chi connectivity index (χ0v) is 11.3. The molecule has 106 valence electrons. The van der Waals surface area contributed by atoms with Crippen LogP contribution < -0.4 is 11.1 Å². The summed E-state index contributed by atoms with van der Waals surface area (Å²) in [5.41, 5.74) is 4.15. The summed E-state index contributed by atoms with van der Waals surface area (Å²) in [7, 11) is 0. The topological polar surface area (TPSA) is 127 Å². The maximum Gasteiger partial charge on any atom is 0.329 e. The fourth-order valence-corrected chi connectivity index (χ4v) is 1.88. The molecule has 8 heteroatoms. The van der Waals surface area contributed by atoms with Gasteiger partial charge in [0.2, 0.25) is 11.8 Å². The number of aliphatic hydroxyl groups is 1. The molecule has 0 saturated heterocycles. The van der Waals surface area contributed by atoms with Gasteiger partial charge in [0.25, 0.3) is 0 Å². The van der Waals surface area contributed by atoms with E-state index < -0.39 is 10.5 Å². The number of nitrogens with zero attached hydrogens (tertiary/aromatic N) is 3. The molecular weight excluding hydrogens is 250 g/mol. The average Bonchev–Trinajstić information content (AvgIpc) is 2.24. The Kier molecular flexibility index (Phi) is 4.60. The lowest BCUT2D eigenvalue weighted by molar-refractivity contribution is -0.384. The quantitative estimate of drug-likeness (QED) is 0.522. The van der Waals surface area contributed by atoms with E-state index in [4.69, 9.17) is 5.73 Å². The SMILES string of the molecule is CC(C)CC(C)(O)CNc1nc(N)ncc1[N+](=O)[O-]. The van der Waals surface area contributed by atoms with E-state index in [0.29, 0.717) is 12.3 Å². The van der Waals surface area contributed by atoms with Gasteiger partial charge in [0.15, 0.2) is 0 Å². The third kappa shape index (κ3) is 4.66. The van der Waals surface area contributed by atoms with E-state index in [1.807, 2.05) is 13.8 Å². The predicted molar refractivity (Wildman–Crippen MR) is 71.7 cm³/mol. The third-order valence-corrected chi connectivity index (χ3v) is 2.47. The summed E-state index contributed by atoms with van der Waals surface area (Å²) >= 11 is 0. The molecule has 4 N–H and O–H groups in total. The van der Waals surface area contributed by atoms with Crippen LogP contribution in [0.3, 0.4) is 0 Å². The lowest BCUT2D eigenvalue weighted by Crippen LogP contribution is -2.35. The van der Waals surface area contributed by atoms with Crippen molar-refractivity contribution in [1.29, 1.82) is 0 Å². The van der Waals surface area contributed by atoms with E-state index >= 15 is 0 Å². The molecule has 1 aromatic rings. The number of nitrogen functional groups attached to an aromatic ring is 1. The smallest absolute Gasteiger partial charge is 0.329 e. The minimum absolute atomic E-state index is 0.0153. The molecule has 8 nitrogen and oxygen atoms in total. The van der Waals surface area contributed by atoms with E-state index in [-0.39, 0.29) is 24.0 Å². The maximum atomic E-state index is 10.8. The molecule has 0 radical (unpaired) electrons. The van der Waals surface area contributed by atoms with Gasteiger partial charge in [-0.15, -0.1) is 0 Å². The number of anilines is 2. The first-order chi connectivity index (χ1) is 8.71. The zero-order chi connectivity index (χ0) is 14.6. The molecule has 0 aromatic carbocycles. The fourth-order valence-electron chi connectivity index (χ4n) is 1.88. The number of nitrogens with two attached hydrogens (primary N) is 1. The lowest BCUT2D eigenvalue weighted by atomic mass is 9.94. The second-order valence-corrected chi connectivity index (χ2v) is 5.17. The fraction of sp³-hybridized carbons (Fsp3) is 0.636. The van der Waals surface area contributed by atoms with Crippen LogP contribution in [-0.4, -0.2) is 32.1 Å². The van der Waals surface area contributed by atoms with Crippen LogP contribution in [0.2, 0.25) is 0 Å². The van der Waals surface area contributed by atoms with Crippen LogP contribution in [0, 0.1) is 16.0 Å². The Labute approximate surface area is 111 Å². The molecule has 0 aliphatic heterocycles. The Balaban J connectivity index is 2.82.